The van der Waals surface area contributed by atoms with Gasteiger partial charge in [-0.15, -0.1) is 11.3 Å². The molecule has 0 aromatic carbocycles. The smallest absolute Gasteiger partial charge is 0.216 e. The molecule has 4 nitrogen and oxygen atoms in total. The van der Waals surface area contributed by atoms with Crippen LogP contribution in [0.5, 0.6) is 5.88 Å². The van der Waals surface area contributed by atoms with Crippen LogP contribution in [0.4, 0.5) is 0 Å². The largest absolute Gasteiger partial charge is 0.474 e. The van der Waals surface area contributed by atoms with Crippen molar-refractivity contribution >= 4 is 11.3 Å². The molecule has 1 aliphatic heterocycles. The Morgan fingerprint density at radius 3 is 2.95 bits per heavy atom. The van der Waals surface area contributed by atoms with E-state index in [1.165, 1.54) is 4.88 Å². The van der Waals surface area contributed by atoms with Gasteiger partial charge in [0, 0.05) is 42.5 Å². The highest BCUT2D eigenvalue weighted by Crippen LogP contribution is 2.20. The van der Waals surface area contributed by atoms with E-state index in [2.05, 4.69) is 14.9 Å². The van der Waals surface area contributed by atoms with Crippen molar-refractivity contribution in [2.75, 3.05) is 19.6 Å². The van der Waals surface area contributed by atoms with Crippen molar-refractivity contribution in [3.63, 3.8) is 0 Å². The Bertz CT molecular complexity index is 550. The molecule has 0 unspecified atom stereocenters. The molecular weight excluding hydrogens is 282 g/mol. The van der Waals surface area contributed by atoms with Gasteiger partial charge in [0.1, 0.15) is 6.10 Å². The van der Waals surface area contributed by atoms with E-state index >= 15 is 0 Å². The number of likely N-dealkylation sites (tertiary alicyclic amines) is 1. The first-order valence-corrected chi connectivity index (χ1v) is 8.37. The van der Waals surface area contributed by atoms with Crippen LogP contribution >= 0.6 is 11.3 Å². The van der Waals surface area contributed by atoms with Gasteiger partial charge in [-0.3, -0.25) is 4.98 Å². The average Bonchev–Trinajstić information content (AvgIpc) is 3.02. The monoisotopic (exact) mass is 303 g/mol. The Balaban J connectivity index is 1.44. The molecule has 5 heteroatoms. The van der Waals surface area contributed by atoms with Crippen molar-refractivity contribution in [3.8, 4) is 5.88 Å². The van der Waals surface area contributed by atoms with E-state index in [-0.39, 0.29) is 0 Å². The number of nitrogens with zero attached hydrogens (tertiary/aromatic N) is 3. The summed E-state index contributed by atoms with van der Waals surface area (Å²) in [4.78, 5) is 12.3. The SMILES string of the molecule is Cc1cccnc1OC1CCN(CCc2cncs2)CC1. The van der Waals surface area contributed by atoms with E-state index in [0.717, 1.165) is 50.3 Å². The third-order valence-corrected chi connectivity index (χ3v) is 4.77. The molecule has 3 rings (SSSR count). The van der Waals surface area contributed by atoms with E-state index in [4.69, 9.17) is 4.74 Å². The molecule has 1 aliphatic rings. The zero-order chi connectivity index (χ0) is 14.5. The fourth-order valence-corrected chi connectivity index (χ4v) is 3.23. The highest BCUT2D eigenvalue weighted by Gasteiger charge is 2.21. The Hall–Kier alpha value is -1.46. The summed E-state index contributed by atoms with van der Waals surface area (Å²) >= 11 is 1.74. The molecule has 1 fully saturated rings. The maximum absolute atomic E-state index is 6.04. The van der Waals surface area contributed by atoms with Gasteiger partial charge in [0.25, 0.3) is 0 Å². The molecular formula is C16H21N3OS. The quantitative estimate of drug-likeness (QED) is 0.851. The lowest BCUT2D eigenvalue weighted by Crippen LogP contribution is -2.39. The van der Waals surface area contributed by atoms with Gasteiger partial charge >= 0.3 is 0 Å². The number of hydrogen-bond donors (Lipinski definition) is 0. The summed E-state index contributed by atoms with van der Waals surface area (Å²) in [7, 11) is 0. The minimum atomic E-state index is 0.304. The normalized spacial score (nSPS) is 17.0. The number of thiazole rings is 1. The Labute approximate surface area is 129 Å². The molecule has 2 aromatic rings. The molecule has 0 radical (unpaired) electrons. The lowest BCUT2D eigenvalue weighted by atomic mass is 10.1. The first-order chi connectivity index (χ1) is 10.3. The van der Waals surface area contributed by atoms with E-state index in [9.17, 15) is 0 Å². The zero-order valence-corrected chi connectivity index (χ0v) is 13.2. The van der Waals surface area contributed by atoms with Crippen molar-refractivity contribution in [2.45, 2.75) is 32.3 Å². The third-order valence-electron chi connectivity index (χ3n) is 3.93. The molecule has 0 aliphatic carbocycles. The maximum Gasteiger partial charge on any atom is 0.216 e. The second-order valence-electron chi connectivity index (χ2n) is 5.50. The number of rotatable bonds is 5. The molecule has 0 bridgehead atoms. The fraction of sp³-hybridized carbons (Fsp3) is 0.500. The summed E-state index contributed by atoms with van der Waals surface area (Å²) in [5.41, 5.74) is 3.02. The summed E-state index contributed by atoms with van der Waals surface area (Å²) in [6.07, 6.45) is 7.35. The van der Waals surface area contributed by atoms with Crippen LogP contribution in [0.25, 0.3) is 0 Å². The van der Waals surface area contributed by atoms with E-state index in [0.29, 0.717) is 6.10 Å². The van der Waals surface area contributed by atoms with Crippen LogP contribution in [0, 0.1) is 6.92 Å². The molecule has 21 heavy (non-hydrogen) atoms. The van der Waals surface area contributed by atoms with Crippen LogP contribution in [-0.4, -0.2) is 40.6 Å². The number of ether oxygens (including phenoxy) is 1. The molecule has 3 heterocycles. The van der Waals surface area contributed by atoms with Gasteiger partial charge in [-0.1, -0.05) is 6.07 Å². The van der Waals surface area contributed by atoms with Gasteiger partial charge in [-0.05, 0) is 32.3 Å². The van der Waals surface area contributed by atoms with Crippen molar-refractivity contribution in [1.82, 2.24) is 14.9 Å². The highest BCUT2D eigenvalue weighted by molar-refractivity contribution is 7.09. The highest BCUT2D eigenvalue weighted by atomic mass is 32.1. The van der Waals surface area contributed by atoms with Gasteiger partial charge in [-0.25, -0.2) is 4.98 Å². The lowest BCUT2D eigenvalue weighted by molar-refractivity contribution is 0.0970. The Kier molecular flexibility index (Phi) is 4.83. The zero-order valence-electron chi connectivity index (χ0n) is 12.4. The van der Waals surface area contributed by atoms with Crippen LogP contribution < -0.4 is 4.74 Å². The third kappa shape index (κ3) is 4.02. The van der Waals surface area contributed by atoms with E-state index in [1.54, 1.807) is 17.5 Å². The standard InChI is InChI=1S/C16H21N3OS/c1-13-3-2-7-18-16(13)20-14-4-8-19(9-5-14)10-6-15-11-17-12-21-15/h2-3,7,11-12,14H,4-6,8-10H2,1H3. The topological polar surface area (TPSA) is 38.2 Å². The van der Waals surface area contributed by atoms with Crippen LogP contribution in [-0.2, 0) is 6.42 Å². The van der Waals surface area contributed by atoms with Crippen LogP contribution in [0.1, 0.15) is 23.3 Å². The Morgan fingerprint density at radius 1 is 1.38 bits per heavy atom. The number of pyridine rings is 1. The predicted molar refractivity (Wildman–Crippen MR) is 84.9 cm³/mol. The van der Waals surface area contributed by atoms with Gasteiger partial charge in [0.15, 0.2) is 0 Å². The average molecular weight is 303 g/mol. The molecule has 0 N–H and O–H groups in total. The van der Waals surface area contributed by atoms with Gasteiger partial charge < -0.3 is 9.64 Å². The van der Waals surface area contributed by atoms with Crippen LogP contribution in [0.2, 0.25) is 0 Å². The summed E-state index contributed by atoms with van der Waals surface area (Å²) in [6, 6.07) is 4.00. The second kappa shape index (κ2) is 7.00. The van der Waals surface area contributed by atoms with Gasteiger partial charge in [-0.2, -0.15) is 0 Å². The van der Waals surface area contributed by atoms with E-state index in [1.807, 2.05) is 30.8 Å². The summed E-state index contributed by atoms with van der Waals surface area (Å²) in [6.45, 7) is 5.38. The van der Waals surface area contributed by atoms with Gasteiger partial charge in [0.2, 0.25) is 5.88 Å². The molecule has 0 saturated carbocycles. The molecule has 0 spiro atoms. The van der Waals surface area contributed by atoms with Crippen molar-refractivity contribution in [2.24, 2.45) is 0 Å². The number of hydrogen-bond acceptors (Lipinski definition) is 5. The minimum Gasteiger partial charge on any atom is -0.474 e. The Morgan fingerprint density at radius 2 is 2.24 bits per heavy atom. The first kappa shape index (κ1) is 14.5. The number of aryl methyl sites for hydroxylation is 1. The number of piperidine rings is 1. The van der Waals surface area contributed by atoms with Crippen molar-refractivity contribution in [1.29, 1.82) is 0 Å². The number of aromatic nitrogens is 2. The first-order valence-electron chi connectivity index (χ1n) is 7.49. The van der Waals surface area contributed by atoms with Crippen molar-refractivity contribution in [3.05, 3.63) is 40.5 Å². The van der Waals surface area contributed by atoms with Gasteiger partial charge in [0.05, 0.1) is 5.51 Å². The maximum atomic E-state index is 6.04. The molecule has 0 atom stereocenters. The van der Waals surface area contributed by atoms with Crippen LogP contribution in [0.15, 0.2) is 30.0 Å². The van der Waals surface area contributed by atoms with Crippen molar-refractivity contribution < 1.29 is 4.74 Å². The second-order valence-corrected chi connectivity index (χ2v) is 6.47. The molecule has 2 aromatic heterocycles. The fourth-order valence-electron chi connectivity index (χ4n) is 2.64. The summed E-state index contributed by atoms with van der Waals surface area (Å²) in [5.74, 6) is 0.792. The van der Waals surface area contributed by atoms with E-state index < -0.39 is 0 Å². The molecule has 0 amide bonds. The summed E-state index contributed by atoms with van der Waals surface area (Å²) in [5, 5.41) is 0. The molecule has 112 valence electrons. The minimum absolute atomic E-state index is 0.304. The molecule has 1 saturated heterocycles. The van der Waals surface area contributed by atoms with Crippen LogP contribution in [0.3, 0.4) is 0 Å². The predicted octanol–water partition coefficient (Wildman–Crippen LogP) is 2.93. The summed E-state index contributed by atoms with van der Waals surface area (Å²) < 4.78 is 6.04. The lowest BCUT2D eigenvalue weighted by Gasteiger charge is -2.31.